The van der Waals surface area contributed by atoms with Crippen molar-refractivity contribution in [3.63, 3.8) is 0 Å². The van der Waals surface area contributed by atoms with Gasteiger partial charge in [0.2, 0.25) is 0 Å². The standard InChI is InChI=1S/C17H29N3/c1-5-18-9-13-6-7-15(17(2,3)4)8-16(13)14-10-19-12-20-11-14/h10-13,15-16,18H,5-9H2,1-4H3. The summed E-state index contributed by atoms with van der Waals surface area (Å²) >= 11 is 0. The molecule has 0 amide bonds. The number of hydrogen-bond acceptors (Lipinski definition) is 3. The zero-order valence-electron chi connectivity index (χ0n) is 13.4. The molecule has 1 N–H and O–H groups in total. The molecule has 0 radical (unpaired) electrons. The Balaban J connectivity index is 2.15. The molecule has 3 nitrogen and oxygen atoms in total. The average molecular weight is 275 g/mol. The maximum atomic E-state index is 4.23. The Morgan fingerprint density at radius 1 is 1.20 bits per heavy atom. The Hall–Kier alpha value is -0.960. The van der Waals surface area contributed by atoms with Gasteiger partial charge in [0.05, 0.1) is 0 Å². The van der Waals surface area contributed by atoms with Gasteiger partial charge in [0.15, 0.2) is 0 Å². The van der Waals surface area contributed by atoms with E-state index < -0.39 is 0 Å². The molecule has 20 heavy (non-hydrogen) atoms. The Kier molecular flexibility index (Phi) is 5.14. The Morgan fingerprint density at radius 3 is 2.50 bits per heavy atom. The van der Waals surface area contributed by atoms with Crippen molar-refractivity contribution >= 4 is 0 Å². The van der Waals surface area contributed by atoms with Crippen molar-refractivity contribution in [2.45, 2.75) is 52.9 Å². The fourth-order valence-electron chi connectivity index (χ4n) is 3.50. The highest BCUT2D eigenvalue weighted by atomic mass is 14.9. The summed E-state index contributed by atoms with van der Waals surface area (Å²) in [6, 6.07) is 0. The molecule has 0 saturated heterocycles. The maximum absolute atomic E-state index is 4.23. The third kappa shape index (κ3) is 3.78. The molecule has 0 aliphatic heterocycles. The molecule has 1 aliphatic carbocycles. The van der Waals surface area contributed by atoms with Gasteiger partial charge in [-0.05, 0) is 61.1 Å². The molecule has 1 aliphatic rings. The molecular weight excluding hydrogens is 246 g/mol. The number of nitrogens with one attached hydrogen (secondary N) is 1. The molecule has 1 aromatic heterocycles. The van der Waals surface area contributed by atoms with Crippen LogP contribution in [-0.4, -0.2) is 23.1 Å². The van der Waals surface area contributed by atoms with E-state index in [1.165, 1.54) is 24.8 Å². The van der Waals surface area contributed by atoms with Crippen LogP contribution in [0.5, 0.6) is 0 Å². The third-order valence-corrected chi connectivity index (χ3v) is 4.88. The highest BCUT2D eigenvalue weighted by Crippen LogP contribution is 2.46. The molecular formula is C17H29N3. The number of hydrogen-bond donors (Lipinski definition) is 1. The van der Waals surface area contributed by atoms with E-state index in [0.717, 1.165) is 24.9 Å². The van der Waals surface area contributed by atoms with Crippen LogP contribution in [0.4, 0.5) is 0 Å². The lowest BCUT2D eigenvalue weighted by molar-refractivity contribution is 0.129. The molecule has 1 aromatic rings. The average Bonchev–Trinajstić information content (AvgIpc) is 2.45. The van der Waals surface area contributed by atoms with Crippen LogP contribution in [0, 0.1) is 17.3 Å². The van der Waals surface area contributed by atoms with Gasteiger partial charge in [0.25, 0.3) is 0 Å². The fraction of sp³-hybridized carbons (Fsp3) is 0.765. The molecule has 3 atom stereocenters. The molecule has 1 heterocycles. The first-order chi connectivity index (χ1) is 9.52. The van der Waals surface area contributed by atoms with Crippen LogP contribution in [0.3, 0.4) is 0 Å². The molecule has 1 saturated carbocycles. The second-order valence-electron chi connectivity index (χ2n) is 7.22. The number of rotatable bonds is 4. The predicted molar refractivity (Wildman–Crippen MR) is 83.6 cm³/mol. The third-order valence-electron chi connectivity index (χ3n) is 4.88. The normalized spacial score (nSPS) is 27.5. The Morgan fingerprint density at radius 2 is 1.90 bits per heavy atom. The van der Waals surface area contributed by atoms with E-state index in [1.807, 2.05) is 12.4 Å². The van der Waals surface area contributed by atoms with Gasteiger partial charge in [-0.15, -0.1) is 0 Å². The zero-order valence-corrected chi connectivity index (χ0v) is 13.4. The number of nitrogens with zero attached hydrogens (tertiary/aromatic N) is 2. The van der Waals surface area contributed by atoms with Crippen molar-refractivity contribution in [1.29, 1.82) is 0 Å². The van der Waals surface area contributed by atoms with Crippen molar-refractivity contribution in [2.75, 3.05) is 13.1 Å². The van der Waals surface area contributed by atoms with Crippen LogP contribution in [0.15, 0.2) is 18.7 Å². The molecule has 0 aromatic carbocycles. The van der Waals surface area contributed by atoms with Gasteiger partial charge in [-0.2, -0.15) is 0 Å². The second-order valence-corrected chi connectivity index (χ2v) is 7.22. The summed E-state index contributed by atoms with van der Waals surface area (Å²) in [4.78, 5) is 8.46. The van der Waals surface area contributed by atoms with Gasteiger partial charge in [-0.25, -0.2) is 9.97 Å². The lowest BCUT2D eigenvalue weighted by Crippen LogP contribution is -2.35. The molecule has 112 valence electrons. The van der Waals surface area contributed by atoms with Gasteiger partial charge >= 0.3 is 0 Å². The molecule has 2 rings (SSSR count). The minimum Gasteiger partial charge on any atom is -0.317 e. The van der Waals surface area contributed by atoms with E-state index in [0.29, 0.717) is 11.3 Å². The quantitative estimate of drug-likeness (QED) is 0.911. The van der Waals surface area contributed by atoms with Crippen molar-refractivity contribution in [3.05, 3.63) is 24.3 Å². The first-order valence-corrected chi connectivity index (χ1v) is 7.98. The highest BCUT2D eigenvalue weighted by Gasteiger charge is 2.36. The molecule has 1 fully saturated rings. The van der Waals surface area contributed by atoms with E-state index >= 15 is 0 Å². The topological polar surface area (TPSA) is 37.8 Å². The first-order valence-electron chi connectivity index (χ1n) is 7.98. The van der Waals surface area contributed by atoms with Crippen LogP contribution < -0.4 is 5.32 Å². The predicted octanol–water partition coefficient (Wildman–Crippen LogP) is 3.63. The summed E-state index contributed by atoms with van der Waals surface area (Å²) in [7, 11) is 0. The van der Waals surface area contributed by atoms with Crippen molar-refractivity contribution in [1.82, 2.24) is 15.3 Å². The summed E-state index contributed by atoms with van der Waals surface area (Å²) in [6.45, 7) is 11.5. The largest absolute Gasteiger partial charge is 0.317 e. The smallest absolute Gasteiger partial charge is 0.115 e. The molecule has 0 spiro atoms. The van der Waals surface area contributed by atoms with Crippen LogP contribution in [-0.2, 0) is 0 Å². The SMILES string of the molecule is CCNCC1CCC(C(C)(C)C)CC1c1cncnc1. The van der Waals surface area contributed by atoms with Gasteiger partial charge in [0, 0.05) is 12.4 Å². The van der Waals surface area contributed by atoms with E-state index in [1.54, 1.807) is 6.33 Å². The van der Waals surface area contributed by atoms with Crippen molar-refractivity contribution in [3.8, 4) is 0 Å². The van der Waals surface area contributed by atoms with Gasteiger partial charge < -0.3 is 5.32 Å². The van der Waals surface area contributed by atoms with E-state index in [2.05, 4.69) is 43.0 Å². The van der Waals surface area contributed by atoms with Gasteiger partial charge in [0.1, 0.15) is 6.33 Å². The summed E-state index contributed by atoms with van der Waals surface area (Å²) in [5.41, 5.74) is 1.72. The van der Waals surface area contributed by atoms with E-state index in [4.69, 9.17) is 0 Å². The summed E-state index contributed by atoms with van der Waals surface area (Å²) in [5, 5.41) is 3.53. The van der Waals surface area contributed by atoms with Crippen LogP contribution in [0.1, 0.15) is 58.4 Å². The second kappa shape index (κ2) is 6.66. The molecule has 3 unspecified atom stereocenters. The van der Waals surface area contributed by atoms with E-state index in [-0.39, 0.29) is 0 Å². The minimum absolute atomic E-state index is 0.400. The van der Waals surface area contributed by atoms with Crippen LogP contribution in [0.25, 0.3) is 0 Å². The maximum Gasteiger partial charge on any atom is 0.115 e. The van der Waals surface area contributed by atoms with Crippen molar-refractivity contribution < 1.29 is 0 Å². The zero-order chi connectivity index (χ0) is 14.6. The van der Waals surface area contributed by atoms with Crippen LogP contribution >= 0.6 is 0 Å². The van der Waals surface area contributed by atoms with Gasteiger partial charge in [-0.3, -0.25) is 0 Å². The lowest BCUT2D eigenvalue weighted by atomic mass is 9.64. The summed E-state index contributed by atoms with van der Waals surface area (Å²) in [5.74, 6) is 2.12. The first kappa shape index (κ1) is 15.4. The fourth-order valence-corrected chi connectivity index (χ4v) is 3.50. The van der Waals surface area contributed by atoms with Gasteiger partial charge in [-0.1, -0.05) is 27.7 Å². The highest BCUT2D eigenvalue weighted by molar-refractivity contribution is 5.14. The molecule has 3 heteroatoms. The van der Waals surface area contributed by atoms with Crippen LogP contribution in [0.2, 0.25) is 0 Å². The minimum atomic E-state index is 0.400. The number of aromatic nitrogens is 2. The summed E-state index contributed by atoms with van der Waals surface area (Å²) in [6.07, 6.45) is 9.60. The molecule has 0 bridgehead atoms. The van der Waals surface area contributed by atoms with Crippen molar-refractivity contribution in [2.24, 2.45) is 17.3 Å². The van der Waals surface area contributed by atoms with E-state index in [9.17, 15) is 0 Å². The Bertz CT molecular complexity index is 396. The Labute approximate surface area is 123 Å². The lowest BCUT2D eigenvalue weighted by Gasteiger charge is -2.42. The monoisotopic (exact) mass is 275 g/mol. The summed E-state index contributed by atoms with van der Waals surface area (Å²) < 4.78 is 0.